The lowest BCUT2D eigenvalue weighted by atomic mass is 10.2. The van der Waals surface area contributed by atoms with E-state index >= 15 is 0 Å². The Bertz CT molecular complexity index is 501. The first-order valence-electron chi connectivity index (χ1n) is 7.24. The summed E-state index contributed by atoms with van der Waals surface area (Å²) in [7, 11) is 1.62. The van der Waals surface area contributed by atoms with E-state index in [1.54, 1.807) is 13.2 Å². The van der Waals surface area contributed by atoms with Crippen molar-refractivity contribution in [1.82, 2.24) is 10.6 Å². The number of alkyl carbamates (subject to hydrolysis) is 1. The van der Waals surface area contributed by atoms with Gasteiger partial charge in [0.1, 0.15) is 11.4 Å². The van der Waals surface area contributed by atoms with Gasteiger partial charge in [-0.3, -0.25) is 0 Å². The van der Waals surface area contributed by atoms with Gasteiger partial charge in [0.05, 0.1) is 7.11 Å². The average Bonchev–Trinajstić information content (AvgIpc) is 2.36. The van der Waals surface area contributed by atoms with E-state index < -0.39 is 11.7 Å². The van der Waals surface area contributed by atoms with E-state index in [0.29, 0.717) is 18.1 Å². The van der Waals surface area contributed by atoms with Gasteiger partial charge in [-0.25, -0.2) is 4.79 Å². The highest BCUT2D eigenvalue weighted by Crippen LogP contribution is 2.22. The molecule has 6 heteroatoms. The molecule has 1 aromatic rings. The minimum atomic E-state index is -0.495. The molecule has 0 radical (unpaired) electrons. The zero-order valence-corrected chi connectivity index (χ0v) is 14.6. The predicted octanol–water partition coefficient (Wildman–Crippen LogP) is 3.35. The maximum absolute atomic E-state index is 11.6. The van der Waals surface area contributed by atoms with Gasteiger partial charge >= 0.3 is 6.09 Å². The zero-order chi connectivity index (χ0) is 16.8. The maximum Gasteiger partial charge on any atom is 0.407 e. The normalized spacial score (nSPS) is 12.6. The van der Waals surface area contributed by atoms with Crippen LogP contribution in [0.15, 0.2) is 18.2 Å². The summed E-state index contributed by atoms with van der Waals surface area (Å²) < 4.78 is 10.5. The summed E-state index contributed by atoms with van der Waals surface area (Å²) in [6.45, 7) is 8.62. The Balaban J connectivity index is 2.41. The van der Waals surface area contributed by atoms with Crippen molar-refractivity contribution in [3.8, 4) is 5.75 Å². The number of halogens is 1. The topological polar surface area (TPSA) is 59.6 Å². The number of ether oxygens (including phenoxy) is 2. The molecule has 0 aromatic heterocycles. The molecular weight excluding hydrogens is 304 g/mol. The predicted molar refractivity (Wildman–Crippen MR) is 88.5 cm³/mol. The number of hydrogen-bond donors (Lipinski definition) is 2. The molecule has 0 saturated carbocycles. The highest BCUT2D eigenvalue weighted by Gasteiger charge is 2.17. The molecule has 1 unspecified atom stereocenters. The maximum atomic E-state index is 11.6. The van der Waals surface area contributed by atoms with Crippen LogP contribution in [-0.2, 0) is 11.3 Å². The molecule has 22 heavy (non-hydrogen) atoms. The fourth-order valence-corrected chi connectivity index (χ4v) is 2.06. The first-order chi connectivity index (χ1) is 10.2. The van der Waals surface area contributed by atoms with Gasteiger partial charge in [-0.2, -0.15) is 0 Å². The van der Waals surface area contributed by atoms with Crippen LogP contribution in [-0.4, -0.2) is 31.4 Å². The van der Waals surface area contributed by atoms with Crippen LogP contribution in [0.3, 0.4) is 0 Å². The smallest absolute Gasteiger partial charge is 0.407 e. The number of benzene rings is 1. The Hall–Kier alpha value is -1.46. The Kier molecular flexibility index (Phi) is 6.97. The van der Waals surface area contributed by atoms with Crippen LogP contribution in [0.1, 0.15) is 33.3 Å². The number of rotatable bonds is 6. The van der Waals surface area contributed by atoms with Crippen molar-refractivity contribution in [2.45, 2.75) is 45.9 Å². The molecular formula is C16H25ClN2O3. The number of carbonyl (C=O) groups is 1. The molecule has 0 aliphatic heterocycles. The summed E-state index contributed by atoms with van der Waals surface area (Å²) >= 11 is 5.99. The van der Waals surface area contributed by atoms with Gasteiger partial charge in [0.25, 0.3) is 0 Å². The molecule has 0 aliphatic carbocycles. The molecule has 1 atom stereocenters. The summed E-state index contributed by atoms with van der Waals surface area (Å²) in [4.78, 5) is 11.6. The van der Waals surface area contributed by atoms with Crippen LogP contribution >= 0.6 is 11.6 Å². The van der Waals surface area contributed by atoms with Gasteiger partial charge in [-0.1, -0.05) is 11.6 Å². The largest absolute Gasteiger partial charge is 0.496 e. The van der Waals surface area contributed by atoms with Crippen LogP contribution in [0, 0.1) is 0 Å². The summed E-state index contributed by atoms with van der Waals surface area (Å²) in [6.07, 6.45) is -0.415. The van der Waals surface area contributed by atoms with E-state index in [2.05, 4.69) is 10.6 Å². The molecule has 0 saturated heterocycles. The van der Waals surface area contributed by atoms with E-state index in [1.165, 1.54) is 0 Å². The van der Waals surface area contributed by atoms with Crippen LogP contribution in [0.2, 0.25) is 5.02 Å². The number of nitrogens with one attached hydrogen (secondary N) is 2. The minimum Gasteiger partial charge on any atom is -0.496 e. The molecule has 0 spiro atoms. The average molecular weight is 329 g/mol. The van der Waals surface area contributed by atoms with Crippen molar-refractivity contribution in [2.75, 3.05) is 13.7 Å². The van der Waals surface area contributed by atoms with Crippen molar-refractivity contribution >= 4 is 17.7 Å². The third-order valence-corrected chi connectivity index (χ3v) is 3.01. The van der Waals surface area contributed by atoms with Gasteiger partial charge in [-0.15, -0.1) is 0 Å². The lowest BCUT2D eigenvalue weighted by Gasteiger charge is -2.22. The SMILES string of the molecule is COc1ccc(Cl)cc1CNCC(C)NC(=O)OC(C)(C)C. The minimum absolute atomic E-state index is 0.0555. The molecule has 5 nitrogen and oxygen atoms in total. The van der Waals surface area contributed by atoms with Crippen LogP contribution in [0.5, 0.6) is 5.75 Å². The van der Waals surface area contributed by atoms with Gasteiger partial charge in [0, 0.05) is 29.7 Å². The van der Waals surface area contributed by atoms with E-state index in [0.717, 1.165) is 11.3 Å². The molecule has 0 fully saturated rings. The number of amides is 1. The summed E-state index contributed by atoms with van der Waals surface area (Å²) in [6, 6.07) is 5.43. The highest BCUT2D eigenvalue weighted by molar-refractivity contribution is 6.30. The van der Waals surface area contributed by atoms with Crippen molar-refractivity contribution < 1.29 is 14.3 Å². The summed E-state index contributed by atoms with van der Waals surface area (Å²) in [5.74, 6) is 0.782. The molecule has 0 aliphatic rings. The van der Waals surface area contributed by atoms with Crippen LogP contribution in [0.4, 0.5) is 4.79 Å². The Morgan fingerprint density at radius 3 is 2.64 bits per heavy atom. The third-order valence-electron chi connectivity index (χ3n) is 2.77. The number of hydrogen-bond acceptors (Lipinski definition) is 4. The van der Waals surface area contributed by atoms with Gasteiger partial charge in [0.15, 0.2) is 0 Å². The second-order valence-corrected chi connectivity index (χ2v) is 6.57. The number of carbonyl (C=O) groups excluding carboxylic acids is 1. The quantitative estimate of drug-likeness (QED) is 0.840. The molecule has 1 rings (SSSR count). The highest BCUT2D eigenvalue weighted by atomic mass is 35.5. The fourth-order valence-electron chi connectivity index (χ4n) is 1.87. The molecule has 124 valence electrons. The molecule has 2 N–H and O–H groups in total. The molecule has 1 aromatic carbocycles. The molecule has 0 heterocycles. The first-order valence-corrected chi connectivity index (χ1v) is 7.61. The van der Waals surface area contributed by atoms with Crippen molar-refractivity contribution in [2.24, 2.45) is 0 Å². The van der Waals surface area contributed by atoms with Crippen molar-refractivity contribution in [3.63, 3.8) is 0 Å². The van der Waals surface area contributed by atoms with Gasteiger partial charge < -0.3 is 20.1 Å². The third kappa shape index (κ3) is 7.00. The standard InChI is InChI=1S/C16H25ClN2O3/c1-11(19-15(20)22-16(2,3)4)9-18-10-12-8-13(17)6-7-14(12)21-5/h6-8,11,18H,9-10H2,1-5H3,(H,19,20). The van der Waals surface area contributed by atoms with E-state index in [-0.39, 0.29) is 6.04 Å². The van der Waals surface area contributed by atoms with Gasteiger partial charge in [0.2, 0.25) is 0 Å². The monoisotopic (exact) mass is 328 g/mol. The Labute approximate surface area is 137 Å². The van der Waals surface area contributed by atoms with E-state index in [1.807, 2.05) is 39.8 Å². The van der Waals surface area contributed by atoms with E-state index in [9.17, 15) is 4.79 Å². The van der Waals surface area contributed by atoms with Gasteiger partial charge in [-0.05, 0) is 45.9 Å². The fraction of sp³-hybridized carbons (Fsp3) is 0.562. The first kappa shape index (κ1) is 18.6. The molecule has 0 bridgehead atoms. The van der Waals surface area contributed by atoms with Crippen LogP contribution in [0.25, 0.3) is 0 Å². The lowest BCUT2D eigenvalue weighted by molar-refractivity contribution is 0.0508. The summed E-state index contributed by atoms with van der Waals surface area (Å²) in [5.41, 5.74) is 0.477. The van der Waals surface area contributed by atoms with E-state index in [4.69, 9.17) is 21.1 Å². The second-order valence-electron chi connectivity index (χ2n) is 6.13. The second kappa shape index (κ2) is 8.25. The molecule has 1 amide bonds. The Morgan fingerprint density at radius 1 is 1.36 bits per heavy atom. The number of methoxy groups -OCH3 is 1. The lowest BCUT2D eigenvalue weighted by Crippen LogP contribution is -2.42. The summed E-state index contributed by atoms with van der Waals surface area (Å²) in [5, 5.41) is 6.71. The van der Waals surface area contributed by atoms with Crippen molar-refractivity contribution in [3.05, 3.63) is 28.8 Å². The van der Waals surface area contributed by atoms with Crippen molar-refractivity contribution in [1.29, 1.82) is 0 Å². The Morgan fingerprint density at radius 2 is 2.05 bits per heavy atom. The van der Waals surface area contributed by atoms with Crippen LogP contribution < -0.4 is 15.4 Å². The zero-order valence-electron chi connectivity index (χ0n) is 13.8.